The molecule has 2 aromatic carbocycles. The Labute approximate surface area is 121 Å². The van der Waals surface area contributed by atoms with Crippen LogP contribution in [0.4, 0.5) is 11.4 Å². The topological polar surface area (TPSA) is 20.3 Å². The summed E-state index contributed by atoms with van der Waals surface area (Å²) in [4.78, 5) is 14.3. The average molecular weight is 267 g/mol. The number of nitrogens with zero attached hydrogens (tertiary/aromatic N) is 1. The maximum atomic E-state index is 12.5. The molecule has 0 saturated carbocycles. The molecule has 0 fully saturated rings. The first kappa shape index (κ1) is 14.3. The van der Waals surface area contributed by atoms with E-state index in [4.69, 9.17) is 0 Å². The molecule has 0 atom stereocenters. The first-order valence-corrected chi connectivity index (χ1v) is 7.00. The van der Waals surface area contributed by atoms with Crippen molar-refractivity contribution in [2.45, 2.75) is 34.1 Å². The van der Waals surface area contributed by atoms with Crippen LogP contribution in [0.5, 0.6) is 0 Å². The third-order valence-electron chi connectivity index (χ3n) is 3.51. The van der Waals surface area contributed by atoms with Gasteiger partial charge < -0.3 is 0 Å². The van der Waals surface area contributed by atoms with E-state index in [0.29, 0.717) is 6.42 Å². The van der Waals surface area contributed by atoms with E-state index >= 15 is 0 Å². The lowest BCUT2D eigenvalue weighted by Gasteiger charge is -2.26. The highest BCUT2D eigenvalue weighted by Crippen LogP contribution is 2.32. The van der Waals surface area contributed by atoms with Gasteiger partial charge in [-0.2, -0.15) is 0 Å². The van der Waals surface area contributed by atoms with Gasteiger partial charge in [-0.25, -0.2) is 0 Å². The third kappa shape index (κ3) is 2.74. The molecule has 2 aromatic rings. The number of rotatable bonds is 3. The molecule has 0 unspecified atom stereocenters. The first-order chi connectivity index (χ1) is 9.54. The summed E-state index contributed by atoms with van der Waals surface area (Å²) in [5.74, 6) is 0.119. The summed E-state index contributed by atoms with van der Waals surface area (Å²) >= 11 is 0. The number of anilines is 2. The van der Waals surface area contributed by atoms with E-state index in [1.54, 1.807) is 0 Å². The molecule has 0 aliphatic carbocycles. The van der Waals surface area contributed by atoms with Crippen LogP contribution in [0.15, 0.2) is 42.5 Å². The Balaban J connectivity index is 2.62. The predicted molar refractivity (Wildman–Crippen MR) is 84.5 cm³/mol. The van der Waals surface area contributed by atoms with Crippen molar-refractivity contribution in [1.82, 2.24) is 0 Å². The Morgan fingerprint density at radius 1 is 0.950 bits per heavy atom. The van der Waals surface area contributed by atoms with Gasteiger partial charge in [0.05, 0.1) is 11.4 Å². The highest BCUT2D eigenvalue weighted by molar-refractivity contribution is 6.01. The van der Waals surface area contributed by atoms with Crippen LogP contribution in [0.25, 0.3) is 0 Å². The summed E-state index contributed by atoms with van der Waals surface area (Å²) in [6, 6.07) is 14.2. The highest BCUT2D eigenvalue weighted by Gasteiger charge is 2.19. The normalized spacial score (nSPS) is 10.4. The summed E-state index contributed by atoms with van der Waals surface area (Å²) in [6.07, 6.45) is 0.488. The fourth-order valence-electron chi connectivity index (χ4n) is 2.33. The summed E-state index contributed by atoms with van der Waals surface area (Å²) in [5, 5.41) is 0. The Bertz CT molecular complexity index is 631. The highest BCUT2D eigenvalue weighted by atomic mass is 16.2. The number of carbonyl (C=O) groups is 1. The first-order valence-electron chi connectivity index (χ1n) is 7.00. The van der Waals surface area contributed by atoms with Gasteiger partial charge in [0.2, 0.25) is 5.91 Å². The molecule has 1 amide bonds. The quantitative estimate of drug-likeness (QED) is 0.790. The van der Waals surface area contributed by atoms with E-state index in [1.165, 1.54) is 0 Å². The fourth-order valence-corrected chi connectivity index (χ4v) is 2.33. The Kier molecular flexibility index (Phi) is 4.23. The zero-order valence-electron chi connectivity index (χ0n) is 12.6. The zero-order valence-corrected chi connectivity index (χ0v) is 12.6. The number of para-hydroxylation sites is 1. The standard InChI is InChI=1S/C18H21NO/c1-5-18(20)19(16-9-7-6-8-14(16)3)17-12-13(2)10-11-15(17)4/h6-12H,5H2,1-4H3. The van der Waals surface area contributed by atoms with Crippen LogP contribution < -0.4 is 4.90 Å². The maximum absolute atomic E-state index is 12.5. The molecule has 0 N–H and O–H groups in total. The molecule has 2 rings (SSSR count). The average Bonchev–Trinajstić information content (AvgIpc) is 2.44. The van der Waals surface area contributed by atoms with E-state index in [9.17, 15) is 4.79 Å². The summed E-state index contributed by atoms with van der Waals surface area (Å²) < 4.78 is 0. The molecule has 0 bridgehead atoms. The van der Waals surface area contributed by atoms with Crippen LogP contribution in [-0.4, -0.2) is 5.91 Å². The molecule has 0 heterocycles. The Morgan fingerprint density at radius 2 is 1.60 bits per heavy atom. The fraction of sp³-hybridized carbons (Fsp3) is 0.278. The molecule has 0 aliphatic heterocycles. The molecule has 0 aliphatic rings. The van der Waals surface area contributed by atoms with Gasteiger partial charge in [0, 0.05) is 6.42 Å². The lowest BCUT2D eigenvalue weighted by molar-refractivity contribution is -0.117. The summed E-state index contributed by atoms with van der Waals surface area (Å²) in [7, 11) is 0. The monoisotopic (exact) mass is 267 g/mol. The molecule has 0 aromatic heterocycles. The lowest BCUT2D eigenvalue weighted by Crippen LogP contribution is -2.26. The second kappa shape index (κ2) is 5.91. The van der Waals surface area contributed by atoms with Gasteiger partial charge in [0.15, 0.2) is 0 Å². The summed E-state index contributed by atoms with van der Waals surface area (Å²) in [5.41, 5.74) is 5.32. The van der Waals surface area contributed by atoms with Crippen molar-refractivity contribution >= 4 is 17.3 Å². The molecule has 2 nitrogen and oxygen atoms in total. The van der Waals surface area contributed by atoms with Crippen LogP contribution in [0, 0.1) is 20.8 Å². The summed E-state index contributed by atoms with van der Waals surface area (Å²) in [6.45, 7) is 8.04. The van der Waals surface area contributed by atoms with Crippen molar-refractivity contribution in [3.8, 4) is 0 Å². The second-order valence-corrected chi connectivity index (χ2v) is 5.16. The molecular weight excluding hydrogens is 246 g/mol. The number of aryl methyl sites for hydroxylation is 3. The molecule has 2 heteroatoms. The van der Waals surface area contributed by atoms with Crippen LogP contribution in [0.1, 0.15) is 30.0 Å². The van der Waals surface area contributed by atoms with E-state index in [0.717, 1.165) is 28.1 Å². The van der Waals surface area contributed by atoms with Crippen molar-refractivity contribution in [2.75, 3.05) is 4.90 Å². The predicted octanol–water partition coefficient (Wildman–Crippen LogP) is 4.69. The van der Waals surface area contributed by atoms with Crippen LogP contribution >= 0.6 is 0 Å². The molecule has 0 spiro atoms. The van der Waals surface area contributed by atoms with Gasteiger partial charge >= 0.3 is 0 Å². The second-order valence-electron chi connectivity index (χ2n) is 5.16. The minimum Gasteiger partial charge on any atom is -0.281 e. The third-order valence-corrected chi connectivity index (χ3v) is 3.51. The number of amides is 1. The van der Waals surface area contributed by atoms with Gasteiger partial charge in [-0.15, -0.1) is 0 Å². The van der Waals surface area contributed by atoms with Gasteiger partial charge in [-0.05, 0) is 49.6 Å². The lowest BCUT2D eigenvalue weighted by atomic mass is 10.1. The smallest absolute Gasteiger partial charge is 0.231 e. The molecule has 20 heavy (non-hydrogen) atoms. The van der Waals surface area contributed by atoms with Crippen molar-refractivity contribution in [2.24, 2.45) is 0 Å². The SMILES string of the molecule is CCC(=O)N(c1ccccc1C)c1cc(C)ccc1C. The van der Waals surface area contributed by atoms with Gasteiger partial charge in [-0.1, -0.05) is 37.3 Å². The van der Waals surface area contributed by atoms with Crippen LogP contribution in [0.3, 0.4) is 0 Å². The number of carbonyl (C=O) groups excluding carboxylic acids is 1. The van der Waals surface area contributed by atoms with E-state index in [-0.39, 0.29) is 5.91 Å². The van der Waals surface area contributed by atoms with Gasteiger partial charge in [0.25, 0.3) is 0 Å². The number of hydrogen-bond donors (Lipinski definition) is 0. The largest absolute Gasteiger partial charge is 0.281 e. The van der Waals surface area contributed by atoms with Gasteiger partial charge in [-0.3, -0.25) is 9.69 Å². The Hall–Kier alpha value is -2.09. The van der Waals surface area contributed by atoms with E-state index < -0.39 is 0 Å². The molecule has 0 saturated heterocycles. The number of benzene rings is 2. The zero-order chi connectivity index (χ0) is 14.7. The van der Waals surface area contributed by atoms with E-state index in [2.05, 4.69) is 25.1 Å². The minimum absolute atomic E-state index is 0.119. The van der Waals surface area contributed by atoms with Crippen molar-refractivity contribution in [3.05, 3.63) is 59.2 Å². The minimum atomic E-state index is 0.119. The van der Waals surface area contributed by atoms with Crippen LogP contribution in [0.2, 0.25) is 0 Å². The van der Waals surface area contributed by atoms with Crippen molar-refractivity contribution < 1.29 is 4.79 Å². The molecular formula is C18H21NO. The molecule has 0 radical (unpaired) electrons. The van der Waals surface area contributed by atoms with Crippen molar-refractivity contribution in [1.29, 1.82) is 0 Å². The maximum Gasteiger partial charge on any atom is 0.231 e. The number of hydrogen-bond acceptors (Lipinski definition) is 1. The van der Waals surface area contributed by atoms with E-state index in [1.807, 2.05) is 49.9 Å². The Morgan fingerprint density at radius 3 is 2.25 bits per heavy atom. The van der Waals surface area contributed by atoms with Crippen LogP contribution in [-0.2, 0) is 4.79 Å². The van der Waals surface area contributed by atoms with Gasteiger partial charge in [0.1, 0.15) is 0 Å². The van der Waals surface area contributed by atoms with Crippen molar-refractivity contribution in [3.63, 3.8) is 0 Å². The molecule has 104 valence electrons.